The first kappa shape index (κ1) is 12.0. The Bertz CT molecular complexity index is 555. The molecule has 1 unspecified atom stereocenters. The fourth-order valence-electron chi connectivity index (χ4n) is 2.03. The van der Waals surface area contributed by atoms with Crippen LogP contribution in [0.15, 0.2) is 24.3 Å². The second-order valence-corrected chi connectivity index (χ2v) is 4.04. The predicted octanol–water partition coefficient (Wildman–Crippen LogP) is 3.25. The van der Waals surface area contributed by atoms with E-state index in [0.717, 1.165) is 6.07 Å². The number of aliphatic hydroxyl groups excluding tert-OH is 1. The molecule has 92 valence electrons. The number of alkyl halides is 3. The summed E-state index contributed by atoms with van der Waals surface area (Å²) >= 11 is 0. The van der Waals surface area contributed by atoms with Gasteiger partial charge in [-0.25, -0.2) is 0 Å². The van der Waals surface area contributed by atoms with E-state index in [1.165, 1.54) is 19.1 Å². The molecule has 0 saturated carbocycles. The molecular formula is C12H12F3NO. The number of nitrogens with zero attached hydrogens (tertiary/aromatic N) is 1. The Hall–Kier alpha value is -1.49. The number of fused-ring (bicyclic) bond motifs is 1. The van der Waals surface area contributed by atoms with Gasteiger partial charge in [-0.2, -0.15) is 13.2 Å². The van der Waals surface area contributed by atoms with Crippen molar-refractivity contribution in [2.75, 3.05) is 0 Å². The van der Waals surface area contributed by atoms with E-state index in [-0.39, 0.29) is 5.39 Å². The summed E-state index contributed by atoms with van der Waals surface area (Å²) in [6.07, 6.45) is -5.18. The molecule has 2 rings (SSSR count). The van der Waals surface area contributed by atoms with Gasteiger partial charge >= 0.3 is 6.18 Å². The number of aliphatic hydroxyl groups is 1. The van der Waals surface area contributed by atoms with Gasteiger partial charge in [0.15, 0.2) is 0 Å². The van der Waals surface area contributed by atoms with Crippen LogP contribution in [-0.4, -0.2) is 9.67 Å². The lowest BCUT2D eigenvalue weighted by Crippen LogP contribution is -2.05. The van der Waals surface area contributed by atoms with Gasteiger partial charge in [0.05, 0.1) is 11.7 Å². The molecule has 0 aliphatic heterocycles. The van der Waals surface area contributed by atoms with Crippen LogP contribution in [0.5, 0.6) is 0 Å². The highest BCUT2D eigenvalue weighted by molar-refractivity contribution is 5.85. The lowest BCUT2D eigenvalue weighted by atomic mass is 10.1. The fourth-order valence-corrected chi connectivity index (χ4v) is 2.03. The zero-order chi connectivity index (χ0) is 12.8. The van der Waals surface area contributed by atoms with Gasteiger partial charge in [-0.15, -0.1) is 0 Å². The number of rotatable bonds is 1. The molecule has 1 atom stereocenters. The van der Waals surface area contributed by atoms with Crippen LogP contribution in [0.1, 0.15) is 24.3 Å². The lowest BCUT2D eigenvalue weighted by Gasteiger charge is -2.08. The number of hydrogen-bond donors (Lipinski definition) is 1. The van der Waals surface area contributed by atoms with Crippen molar-refractivity contribution in [3.05, 3.63) is 35.5 Å². The number of hydrogen-bond acceptors (Lipinski definition) is 1. The molecule has 0 aliphatic rings. The molecule has 1 aromatic heterocycles. The molecule has 1 aromatic carbocycles. The molecule has 0 fully saturated rings. The van der Waals surface area contributed by atoms with Crippen LogP contribution >= 0.6 is 0 Å². The minimum atomic E-state index is -4.38. The van der Waals surface area contributed by atoms with Gasteiger partial charge in [0.2, 0.25) is 0 Å². The molecule has 2 nitrogen and oxygen atoms in total. The molecule has 1 N–H and O–H groups in total. The number of benzene rings is 1. The zero-order valence-electron chi connectivity index (χ0n) is 9.42. The third kappa shape index (κ3) is 1.91. The van der Waals surface area contributed by atoms with E-state index in [1.807, 2.05) is 0 Å². The van der Waals surface area contributed by atoms with Gasteiger partial charge in [-0.3, -0.25) is 0 Å². The Kier molecular flexibility index (Phi) is 2.66. The average molecular weight is 243 g/mol. The first-order chi connectivity index (χ1) is 7.82. The van der Waals surface area contributed by atoms with Gasteiger partial charge in [-0.05, 0) is 25.1 Å². The second-order valence-electron chi connectivity index (χ2n) is 4.04. The topological polar surface area (TPSA) is 25.2 Å². The van der Waals surface area contributed by atoms with Crippen molar-refractivity contribution in [1.29, 1.82) is 0 Å². The van der Waals surface area contributed by atoms with Crippen LogP contribution in [0.4, 0.5) is 13.2 Å². The summed E-state index contributed by atoms with van der Waals surface area (Å²) in [7, 11) is 1.64. The molecule has 1 heterocycles. The molecule has 0 amide bonds. The number of aromatic nitrogens is 1. The Labute approximate surface area is 96.3 Å². The van der Waals surface area contributed by atoms with E-state index in [1.54, 1.807) is 17.7 Å². The van der Waals surface area contributed by atoms with Gasteiger partial charge < -0.3 is 9.67 Å². The monoisotopic (exact) mass is 243 g/mol. The highest BCUT2D eigenvalue weighted by Gasteiger charge is 2.33. The number of aryl methyl sites for hydroxylation is 1. The standard InChI is InChI=1S/C12H12F3NO/c1-7(17)11-6-8-9(12(13,14)15)4-3-5-10(8)16(11)2/h3-7,17H,1-2H3. The highest BCUT2D eigenvalue weighted by Crippen LogP contribution is 2.36. The number of halogens is 3. The van der Waals surface area contributed by atoms with Crippen molar-refractivity contribution >= 4 is 10.9 Å². The van der Waals surface area contributed by atoms with Crippen LogP contribution in [-0.2, 0) is 13.2 Å². The maximum atomic E-state index is 12.8. The van der Waals surface area contributed by atoms with Crippen LogP contribution in [0.25, 0.3) is 10.9 Å². The van der Waals surface area contributed by atoms with Crippen molar-refractivity contribution in [2.45, 2.75) is 19.2 Å². The molecule has 2 aromatic rings. The molecule has 17 heavy (non-hydrogen) atoms. The molecule has 0 radical (unpaired) electrons. The van der Waals surface area contributed by atoms with Gasteiger partial charge in [-0.1, -0.05) is 6.07 Å². The SMILES string of the molecule is CC(O)c1cc2c(C(F)(F)F)cccc2n1C. The largest absolute Gasteiger partial charge is 0.417 e. The fraction of sp³-hybridized carbons (Fsp3) is 0.333. The molecule has 0 spiro atoms. The van der Waals surface area contributed by atoms with Crippen LogP contribution in [0.2, 0.25) is 0 Å². The third-order valence-electron chi connectivity index (χ3n) is 2.86. The third-order valence-corrected chi connectivity index (χ3v) is 2.86. The van der Waals surface area contributed by atoms with Gasteiger partial charge in [0.25, 0.3) is 0 Å². The minimum absolute atomic E-state index is 0.124. The molecule has 0 aliphatic carbocycles. The van der Waals surface area contributed by atoms with Crippen molar-refractivity contribution in [3.63, 3.8) is 0 Å². The molecule has 5 heteroatoms. The molecule has 0 saturated heterocycles. The van der Waals surface area contributed by atoms with Crippen molar-refractivity contribution in [1.82, 2.24) is 4.57 Å². The maximum absolute atomic E-state index is 12.8. The van der Waals surface area contributed by atoms with Crippen LogP contribution in [0, 0.1) is 0 Å². The Morgan fingerprint density at radius 2 is 1.94 bits per heavy atom. The summed E-state index contributed by atoms with van der Waals surface area (Å²) in [4.78, 5) is 0. The minimum Gasteiger partial charge on any atom is -0.387 e. The Morgan fingerprint density at radius 1 is 1.29 bits per heavy atom. The smallest absolute Gasteiger partial charge is 0.387 e. The van der Waals surface area contributed by atoms with E-state index in [0.29, 0.717) is 11.2 Å². The molecule has 0 bridgehead atoms. The highest BCUT2D eigenvalue weighted by atomic mass is 19.4. The van der Waals surface area contributed by atoms with E-state index in [4.69, 9.17) is 0 Å². The van der Waals surface area contributed by atoms with Crippen molar-refractivity contribution in [3.8, 4) is 0 Å². The predicted molar refractivity (Wildman–Crippen MR) is 58.6 cm³/mol. The van der Waals surface area contributed by atoms with Crippen molar-refractivity contribution in [2.24, 2.45) is 7.05 Å². The first-order valence-corrected chi connectivity index (χ1v) is 5.16. The first-order valence-electron chi connectivity index (χ1n) is 5.16. The van der Waals surface area contributed by atoms with Gasteiger partial charge in [0.1, 0.15) is 0 Å². The quantitative estimate of drug-likeness (QED) is 0.817. The summed E-state index contributed by atoms with van der Waals surface area (Å²) in [5, 5.41) is 9.62. The summed E-state index contributed by atoms with van der Waals surface area (Å²) in [6.45, 7) is 1.53. The van der Waals surface area contributed by atoms with Crippen LogP contribution < -0.4 is 0 Å². The lowest BCUT2D eigenvalue weighted by molar-refractivity contribution is -0.136. The summed E-state index contributed by atoms with van der Waals surface area (Å²) in [5.74, 6) is 0. The van der Waals surface area contributed by atoms with E-state index >= 15 is 0 Å². The summed E-state index contributed by atoms with van der Waals surface area (Å²) < 4.78 is 39.9. The zero-order valence-corrected chi connectivity index (χ0v) is 9.42. The van der Waals surface area contributed by atoms with Crippen molar-refractivity contribution < 1.29 is 18.3 Å². The Balaban J connectivity index is 2.78. The Morgan fingerprint density at radius 3 is 2.47 bits per heavy atom. The summed E-state index contributed by atoms with van der Waals surface area (Å²) in [5.41, 5.74) is 0.268. The second kappa shape index (κ2) is 3.77. The van der Waals surface area contributed by atoms with Crippen LogP contribution in [0.3, 0.4) is 0 Å². The summed E-state index contributed by atoms with van der Waals surface area (Å²) in [6, 6.07) is 5.42. The average Bonchev–Trinajstić information content (AvgIpc) is 2.55. The normalized spacial score (nSPS) is 14.2. The van der Waals surface area contributed by atoms with E-state index < -0.39 is 17.8 Å². The maximum Gasteiger partial charge on any atom is 0.417 e. The van der Waals surface area contributed by atoms with Gasteiger partial charge in [0, 0.05) is 23.6 Å². The van der Waals surface area contributed by atoms with E-state index in [2.05, 4.69) is 0 Å². The van der Waals surface area contributed by atoms with E-state index in [9.17, 15) is 18.3 Å². The molecular weight excluding hydrogens is 231 g/mol.